The summed E-state index contributed by atoms with van der Waals surface area (Å²) in [7, 11) is 0. The molecule has 0 fully saturated rings. The molecule has 0 radical (unpaired) electrons. The van der Waals surface area contributed by atoms with Crippen LogP contribution >= 0.6 is 0 Å². The number of rotatable bonds is 5. The van der Waals surface area contributed by atoms with Gasteiger partial charge in [0.05, 0.1) is 11.0 Å². The zero-order chi connectivity index (χ0) is 36.3. The first-order valence-electron chi connectivity index (χ1n) is 18.9. The molecule has 1 aromatic heterocycles. The van der Waals surface area contributed by atoms with Gasteiger partial charge in [0.2, 0.25) is 0 Å². The molecule has 11 aromatic rings. The highest BCUT2D eigenvalue weighted by molar-refractivity contribution is 6.24. The first kappa shape index (κ1) is 31.3. The minimum Gasteiger partial charge on any atom is -0.292 e. The van der Waals surface area contributed by atoms with Gasteiger partial charge in [-0.3, -0.25) is 4.57 Å². The number of hydrogen-bond acceptors (Lipinski definition) is 1. The monoisotopic (exact) mass is 698 g/mol. The second-order valence-corrected chi connectivity index (χ2v) is 14.3. The summed E-state index contributed by atoms with van der Waals surface area (Å²) in [6.07, 6.45) is 0. The van der Waals surface area contributed by atoms with E-state index in [9.17, 15) is 0 Å². The Morgan fingerprint density at radius 2 is 0.909 bits per heavy atom. The molecule has 10 aromatic carbocycles. The van der Waals surface area contributed by atoms with Gasteiger partial charge in [0.15, 0.2) is 0 Å². The van der Waals surface area contributed by atoms with E-state index in [2.05, 4.69) is 211 Å². The van der Waals surface area contributed by atoms with Gasteiger partial charge >= 0.3 is 0 Å². The zero-order valence-corrected chi connectivity index (χ0v) is 30.0. The van der Waals surface area contributed by atoms with Gasteiger partial charge in [-0.1, -0.05) is 170 Å². The van der Waals surface area contributed by atoms with Crippen molar-refractivity contribution in [2.45, 2.75) is 0 Å². The van der Waals surface area contributed by atoms with Gasteiger partial charge in [-0.2, -0.15) is 0 Å². The van der Waals surface area contributed by atoms with Crippen LogP contribution in [0.1, 0.15) is 0 Å². The van der Waals surface area contributed by atoms with Gasteiger partial charge < -0.3 is 0 Å². The van der Waals surface area contributed by atoms with Crippen molar-refractivity contribution in [1.82, 2.24) is 9.55 Å². The maximum absolute atomic E-state index is 5.25. The number of benzene rings is 10. The van der Waals surface area contributed by atoms with E-state index < -0.39 is 0 Å². The van der Waals surface area contributed by atoms with E-state index in [-0.39, 0.29) is 0 Å². The van der Waals surface area contributed by atoms with Crippen LogP contribution in [-0.4, -0.2) is 9.55 Å². The van der Waals surface area contributed by atoms with Crippen LogP contribution in [-0.2, 0) is 0 Å². The number of nitrogens with zero attached hydrogens (tertiary/aromatic N) is 2. The molecule has 0 saturated carbocycles. The van der Waals surface area contributed by atoms with Crippen molar-refractivity contribution in [1.29, 1.82) is 0 Å². The largest absolute Gasteiger partial charge is 0.292 e. The Morgan fingerprint density at radius 3 is 1.71 bits per heavy atom. The number of imidazole rings is 1. The van der Waals surface area contributed by atoms with E-state index in [4.69, 9.17) is 4.98 Å². The third-order valence-electron chi connectivity index (χ3n) is 11.2. The Balaban J connectivity index is 1.19. The average molecular weight is 699 g/mol. The predicted octanol–water partition coefficient (Wildman–Crippen LogP) is 14.3. The lowest BCUT2D eigenvalue weighted by atomic mass is 9.83. The number of para-hydroxylation sites is 3. The third-order valence-corrected chi connectivity index (χ3v) is 11.2. The molecule has 11 rings (SSSR count). The first-order chi connectivity index (χ1) is 27.3. The van der Waals surface area contributed by atoms with E-state index in [0.29, 0.717) is 0 Å². The third kappa shape index (κ3) is 5.00. The molecule has 0 unspecified atom stereocenters. The molecule has 256 valence electrons. The second-order valence-electron chi connectivity index (χ2n) is 14.3. The lowest BCUT2D eigenvalue weighted by molar-refractivity contribution is 1.11. The van der Waals surface area contributed by atoms with Gasteiger partial charge in [0.1, 0.15) is 5.82 Å². The molecule has 0 aliphatic carbocycles. The summed E-state index contributed by atoms with van der Waals surface area (Å²) in [4.78, 5) is 5.25. The van der Waals surface area contributed by atoms with Crippen LogP contribution in [0.5, 0.6) is 0 Å². The Labute approximate surface area is 319 Å². The van der Waals surface area contributed by atoms with Crippen molar-refractivity contribution in [2.24, 2.45) is 0 Å². The molecule has 0 saturated heterocycles. The molecule has 2 heteroatoms. The second kappa shape index (κ2) is 12.7. The Kier molecular flexibility index (Phi) is 7.21. The molecule has 0 atom stereocenters. The van der Waals surface area contributed by atoms with Gasteiger partial charge in [0, 0.05) is 11.3 Å². The molecule has 2 nitrogen and oxygen atoms in total. The fourth-order valence-corrected chi connectivity index (χ4v) is 8.79. The van der Waals surface area contributed by atoms with Crippen LogP contribution in [0.4, 0.5) is 0 Å². The van der Waals surface area contributed by atoms with Gasteiger partial charge in [-0.25, -0.2) is 4.98 Å². The van der Waals surface area contributed by atoms with E-state index in [1.165, 1.54) is 76.5 Å². The molecule has 1 heterocycles. The highest BCUT2D eigenvalue weighted by Gasteiger charge is 2.21. The van der Waals surface area contributed by atoms with Crippen molar-refractivity contribution >= 4 is 54.1 Å². The molecule has 0 aliphatic heterocycles. The standard InChI is InChI=1S/C53H34N2/c1-3-17-36(18-4-1)51-44-25-11-12-26-45(44)52(43-27-15-19-35-16-7-8-22-39(35)43)46-31-30-37(34-48(46)51)40-32-33-47(42-24-10-9-23-41(40)42)53-54-49-28-13-14-29-50(49)55(53)38-20-5-2-6-21-38/h1-34H. The number of hydrogen-bond donors (Lipinski definition) is 0. The Hall–Kier alpha value is -7.29. The zero-order valence-electron chi connectivity index (χ0n) is 30.0. The summed E-state index contributed by atoms with van der Waals surface area (Å²) < 4.78 is 2.29. The number of aromatic nitrogens is 2. The van der Waals surface area contributed by atoms with E-state index in [1.54, 1.807) is 0 Å². The van der Waals surface area contributed by atoms with Crippen molar-refractivity contribution < 1.29 is 0 Å². The molecule has 0 aliphatic rings. The fourth-order valence-electron chi connectivity index (χ4n) is 8.79. The summed E-state index contributed by atoms with van der Waals surface area (Å²) >= 11 is 0. The van der Waals surface area contributed by atoms with Gasteiger partial charge in [-0.15, -0.1) is 0 Å². The van der Waals surface area contributed by atoms with Gasteiger partial charge in [0.25, 0.3) is 0 Å². The van der Waals surface area contributed by atoms with Crippen LogP contribution < -0.4 is 0 Å². The molecule has 0 spiro atoms. The summed E-state index contributed by atoms with van der Waals surface area (Å²) in [5.74, 6) is 0.936. The minimum atomic E-state index is 0.936. The predicted molar refractivity (Wildman–Crippen MR) is 233 cm³/mol. The summed E-state index contributed by atoms with van der Waals surface area (Å²) in [6, 6.07) is 74.7. The van der Waals surface area contributed by atoms with Crippen LogP contribution in [0.15, 0.2) is 206 Å². The van der Waals surface area contributed by atoms with E-state index >= 15 is 0 Å². The molecular weight excluding hydrogens is 665 g/mol. The fraction of sp³-hybridized carbons (Fsp3) is 0. The lowest BCUT2D eigenvalue weighted by Gasteiger charge is -2.20. The first-order valence-corrected chi connectivity index (χ1v) is 18.9. The average Bonchev–Trinajstić information content (AvgIpc) is 3.65. The quantitative estimate of drug-likeness (QED) is 0.164. The highest BCUT2D eigenvalue weighted by Crippen LogP contribution is 2.47. The maximum atomic E-state index is 5.25. The van der Waals surface area contributed by atoms with Crippen LogP contribution in [0.2, 0.25) is 0 Å². The summed E-state index contributed by atoms with van der Waals surface area (Å²) in [6.45, 7) is 0. The molecule has 0 bridgehead atoms. The van der Waals surface area contributed by atoms with Gasteiger partial charge in [-0.05, 0) is 113 Å². The minimum absolute atomic E-state index is 0.936. The maximum Gasteiger partial charge on any atom is 0.146 e. The van der Waals surface area contributed by atoms with Crippen molar-refractivity contribution in [2.75, 3.05) is 0 Å². The van der Waals surface area contributed by atoms with Crippen LogP contribution in [0, 0.1) is 0 Å². The number of fused-ring (bicyclic) bond motifs is 5. The van der Waals surface area contributed by atoms with E-state index in [0.717, 1.165) is 28.1 Å². The van der Waals surface area contributed by atoms with Crippen molar-refractivity contribution in [3.63, 3.8) is 0 Å². The van der Waals surface area contributed by atoms with E-state index in [1.807, 2.05) is 0 Å². The Morgan fingerprint density at radius 1 is 0.327 bits per heavy atom. The highest BCUT2D eigenvalue weighted by atomic mass is 15.1. The SMILES string of the molecule is c1ccc(-c2c3ccccc3c(-c3cccc4ccccc34)c3ccc(-c4ccc(-c5nc6ccccc6n5-c5ccccc5)c5ccccc45)cc23)cc1. The van der Waals surface area contributed by atoms with Crippen molar-refractivity contribution in [3.05, 3.63) is 206 Å². The van der Waals surface area contributed by atoms with Crippen molar-refractivity contribution in [3.8, 4) is 50.5 Å². The summed E-state index contributed by atoms with van der Waals surface area (Å²) in [5.41, 5.74) is 11.6. The molecule has 0 N–H and O–H groups in total. The lowest BCUT2D eigenvalue weighted by Crippen LogP contribution is -1.98. The Bertz CT molecular complexity index is 3240. The van der Waals surface area contributed by atoms with Crippen LogP contribution in [0.25, 0.3) is 105 Å². The molecule has 0 amide bonds. The topological polar surface area (TPSA) is 17.8 Å². The van der Waals surface area contributed by atoms with Crippen LogP contribution in [0.3, 0.4) is 0 Å². The molecular formula is C53H34N2. The summed E-state index contributed by atoms with van der Waals surface area (Å²) in [5, 5.41) is 9.87. The smallest absolute Gasteiger partial charge is 0.146 e. The molecule has 55 heavy (non-hydrogen) atoms. The normalized spacial score (nSPS) is 11.6.